The first-order valence-electron chi connectivity index (χ1n) is 27.4. The summed E-state index contributed by atoms with van der Waals surface area (Å²) in [7, 11) is 1.58. The molecule has 3 aromatic heterocycles. The average Bonchev–Trinajstić information content (AvgIpc) is 2.33. The Morgan fingerprint density at radius 2 is 1.39 bits per heavy atom. The lowest BCUT2D eigenvalue weighted by molar-refractivity contribution is -0.691. The number of nitrogens with one attached hydrogen (secondary N) is 2. The van der Waals surface area contributed by atoms with Gasteiger partial charge < -0.3 is 49.9 Å². The Hall–Kier alpha value is -9.96. The van der Waals surface area contributed by atoms with Crippen LogP contribution in [0.25, 0.3) is 0 Å². The summed E-state index contributed by atoms with van der Waals surface area (Å²) in [4.78, 5) is 66.1. The van der Waals surface area contributed by atoms with E-state index in [-0.39, 0.29) is 59.0 Å². The Balaban J connectivity index is 0.916. The number of aromatic nitrogens is 3. The largest absolute Gasteiger partial charge is 0.618 e. The van der Waals surface area contributed by atoms with Gasteiger partial charge in [-0.2, -0.15) is 9.30 Å². The highest BCUT2D eigenvalue weighted by molar-refractivity contribution is 8.01. The van der Waals surface area contributed by atoms with Gasteiger partial charge in [0.05, 0.1) is 13.2 Å². The lowest BCUT2D eigenvalue weighted by Crippen LogP contribution is -2.71. The Morgan fingerprint density at radius 1 is 0.805 bits per heavy atom. The number of hydrogen-bond donors (Lipinski definition) is 3. The molecule has 5 heterocycles. The molecular formula is C66H55N7O11S3. The number of aliphatic carboxylic acids is 2. The second-order valence-corrected chi connectivity index (χ2v) is 23.0. The van der Waals surface area contributed by atoms with Gasteiger partial charge in [-0.25, -0.2) is 9.78 Å². The molecule has 3 N–H and O–H groups in total. The number of nitrogens with zero attached hydrogens (tertiary/aromatic N) is 5. The second-order valence-electron chi connectivity index (χ2n) is 20.0. The number of pyridine rings is 2. The predicted molar refractivity (Wildman–Crippen MR) is 326 cm³/mol. The maximum atomic E-state index is 14.9. The van der Waals surface area contributed by atoms with Crippen LogP contribution in [-0.4, -0.2) is 74.5 Å². The summed E-state index contributed by atoms with van der Waals surface area (Å²) in [5, 5.41) is 47.9. The molecule has 0 aliphatic carbocycles. The molecule has 0 unspecified atom stereocenters. The SMILES string of the molecule is COc1ccc(COc2c[n+]([O-])c(CO/N=C(\C(=O)N[C@@H]3C(=O)N4C(C(=O)O)=C(CSc5cc[n+](CC(=O)[O-])cc5)CS[C@H]34)c3csc(NC(c4ccccc4)(c4ccccc4)c4ccccc4)n3)cc2OC(c2ccccc2)c2ccccc2)cc1. The number of fused-ring (bicyclic) bond motifs is 1. The van der Waals surface area contributed by atoms with Crippen LogP contribution in [0.1, 0.15) is 50.9 Å². The summed E-state index contributed by atoms with van der Waals surface area (Å²) >= 11 is 3.83. The number of carboxylic acids is 2. The summed E-state index contributed by atoms with van der Waals surface area (Å²) < 4.78 is 20.5. The van der Waals surface area contributed by atoms with Crippen LogP contribution < -0.4 is 39.2 Å². The molecule has 0 spiro atoms. The molecule has 1 saturated heterocycles. The zero-order valence-electron chi connectivity index (χ0n) is 46.5. The van der Waals surface area contributed by atoms with Crippen molar-refractivity contribution < 1.29 is 57.7 Å². The van der Waals surface area contributed by atoms with E-state index < -0.39 is 53.4 Å². The van der Waals surface area contributed by atoms with Crippen molar-refractivity contribution in [3.63, 3.8) is 0 Å². The van der Waals surface area contributed by atoms with E-state index >= 15 is 0 Å². The molecule has 2 amide bonds. The van der Waals surface area contributed by atoms with Crippen LogP contribution in [0.3, 0.4) is 0 Å². The van der Waals surface area contributed by atoms with Crippen LogP contribution in [0.2, 0.25) is 0 Å². The first-order chi connectivity index (χ1) is 42.4. The second kappa shape index (κ2) is 27.0. The molecule has 9 aromatic rings. The van der Waals surface area contributed by atoms with Crippen molar-refractivity contribution in [2.45, 2.75) is 47.7 Å². The van der Waals surface area contributed by atoms with Gasteiger partial charge >= 0.3 is 5.97 Å². The number of methoxy groups -OCH3 is 1. The number of rotatable bonds is 25. The molecule has 0 radical (unpaired) electrons. The topological polar surface area (TPSA) is 232 Å². The minimum absolute atomic E-state index is 0.0289. The van der Waals surface area contributed by atoms with Gasteiger partial charge in [0, 0.05) is 33.9 Å². The van der Waals surface area contributed by atoms with E-state index in [0.29, 0.717) is 21.2 Å². The van der Waals surface area contributed by atoms with Gasteiger partial charge in [0.2, 0.25) is 24.2 Å². The number of carbonyl (C=O) groups is 4. The Morgan fingerprint density at radius 3 is 1.95 bits per heavy atom. The molecule has 438 valence electrons. The van der Waals surface area contributed by atoms with Crippen molar-refractivity contribution in [3.8, 4) is 17.2 Å². The van der Waals surface area contributed by atoms with E-state index in [1.165, 1.54) is 56.6 Å². The zero-order chi connectivity index (χ0) is 60.3. The standard InChI is InChI=1S/C66H55N7O11S3/c1-81-51-29-27-43(28-30-51)38-82-55-36-72(80)50(35-54(55)84-60(44-17-7-2-8-18-44)45-19-9-3-10-20-45)39-83-70-57(53-42-87-65(67-53)69-66(47-21-11-4-12-22-47,48-23-13-5-14-24-48)49-25-15-6-16-26-49)61(76)68-58-62(77)73-59(64(78)79)46(41-86-63(58)73)40-85-52-31-33-71(34-32-52)37-56(74)75/h2-36,42,58,60,63H,37-41H2,1H3,(H3-,67,68,69,74,75,76,78,79)/b70-57-/t58-,63-/m1/s1. The highest BCUT2D eigenvalue weighted by atomic mass is 32.2. The zero-order valence-corrected chi connectivity index (χ0v) is 49.0. The normalized spacial score (nSPS) is 14.8. The van der Waals surface area contributed by atoms with Crippen molar-refractivity contribution in [1.29, 1.82) is 0 Å². The summed E-state index contributed by atoms with van der Waals surface area (Å²) in [6.07, 6.45) is 3.77. The Labute approximate surface area is 513 Å². The van der Waals surface area contributed by atoms with E-state index in [1.54, 1.807) is 37.0 Å². The fraction of sp³-hybridized carbons (Fsp3) is 0.152. The van der Waals surface area contributed by atoms with Gasteiger partial charge in [0.1, 0.15) is 52.8 Å². The smallest absolute Gasteiger partial charge is 0.352 e. The number of anilines is 1. The van der Waals surface area contributed by atoms with E-state index in [9.17, 15) is 34.6 Å². The van der Waals surface area contributed by atoms with Crippen LogP contribution in [-0.2, 0) is 49.3 Å². The molecule has 87 heavy (non-hydrogen) atoms. The van der Waals surface area contributed by atoms with E-state index in [0.717, 1.165) is 38.3 Å². The maximum absolute atomic E-state index is 14.9. The number of carbonyl (C=O) groups excluding carboxylic acids is 3. The number of thiazole rings is 1. The van der Waals surface area contributed by atoms with Crippen molar-refractivity contribution in [2.75, 3.05) is 23.9 Å². The first kappa shape index (κ1) is 58.8. The minimum atomic E-state index is -1.30. The van der Waals surface area contributed by atoms with Crippen molar-refractivity contribution in [3.05, 3.63) is 279 Å². The average molecular weight is 1220 g/mol. The summed E-state index contributed by atoms with van der Waals surface area (Å²) in [6.45, 7) is -0.736. The quantitative estimate of drug-likeness (QED) is 0.00927. The number of hydrogen-bond acceptors (Lipinski definition) is 16. The van der Waals surface area contributed by atoms with Crippen LogP contribution in [0, 0.1) is 5.21 Å². The van der Waals surface area contributed by atoms with Crippen LogP contribution >= 0.6 is 34.9 Å². The fourth-order valence-corrected chi connectivity index (χ4v) is 13.3. The third-order valence-corrected chi connectivity index (χ3v) is 17.6. The summed E-state index contributed by atoms with van der Waals surface area (Å²) in [5.41, 5.74) is 4.23. The first-order valence-corrected chi connectivity index (χ1v) is 30.3. The van der Waals surface area contributed by atoms with Crippen LogP contribution in [0.15, 0.2) is 239 Å². The fourth-order valence-electron chi connectivity index (χ4n) is 10.2. The van der Waals surface area contributed by atoms with Gasteiger partial charge in [-0.15, -0.1) is 34.9 Å². The summed E-state index contributed by atoms with van der Waals surface area (Å²) in [6, 6.07) is 60.0. The number of ether oxygens (including phenoxy) is 3. The maximum Gasteiger partial charge on any atom is 0.352 e. The highest BCUT2D eigenvalue weighted by Gasteiger charge is 2.54. The Kier molecular flexibility index (Phi) is 18.2. The van der Waals surface area contributed by atoms with Gasteiger partial charge in [-0.05, 0) is 51.1 Å². The molecule has 18 nitrogen and oxygen atoms in total. The monoisotopic (exact) mass is 1220 g/mol. The predicted octanol–water partition coefficient (Wildman–Crippen LogP) is 8.43. The molecule has 2 atom stereocenters. The third kappa shape index (κ3) is 13.3. The molecule has 11 rings (SSSR count). The highest BCUT2D eigenvalue weighted by Crippen LogP contribution is 2.43. The molecule has 6 aromatic carbocycles. The molecule has 2 aliphatic heterocycles. The van der Waals surface area contributed by atoms with Gasteiger partial charge in [0.15, 0.2) is 35.5 Å². The van der Waals surface area contributed by atoms with Crippen LogP contribution in [0.4, 0.5) is 5.13 Å². The van der Waals surface area contributed by atoms with Gasteiger partial charge in [-0.3, -0.25) is 14.5 Å². The molecular weight excluding hydrogens is 1160 g/mol. The summed E-state index contributed by atoms with van der Waals surface area (Å²) in [5.74, 6) is -2.59. The van der Waals surface area contributed by atoms with E-state index in [1.807, 2.05) is 176 Å². The van der Waals surface area contributed by atoms with E-state index in [4.69, 9.17) is 24.0 Å². The third-order valence-electron chi connectivity index (χ3n) is 14.4. The van der Waals surface area contributed by atoms with Gasteiger partial charge in [0.25, 0.3) is 11.8 Å². The lowest BCUT2D eigenvalue weighted by Gasteiger charge is -2.49. The van der Waals surface area contributed by atoms with Crippen LogP contribution in [0.5, 0.6) is 17.2 Å². The van der Waals surface area contributed by atoms with Crippen molar-refractivity contribution >= 4 is 69.5 Å². The molecule has 0 saturated carbocycles. The number of oxime groups is 1. The number of amides is 2. The van der Waals surface area contributed by atoms with E-state index in [2.05, 4.69) is 15.8 Å². The van der Waals surface area contributed by atoms with Crippen molar-refractivity contribution in [1.82, 2.24) is 15.2 Å². The molecule has 1 fully saturated rings. The number of benzene rings is 6. The molecule has 2 aliphatic rings. The molecule has 0 bridgehead atoms. The number of thioether (sulfide) groups is 2. The number of β-lactam (4-membered cyclic amide) rings is 1. The Bertz CT molecular complexity index is 3820. The molecule has 21 heteroatoms. The number of carboxylic acid groups (broad SMARTS) is 2. The van der Waals surface area contributed by atoms with Gasteiger partial charge in [-0.1, -0.05) is 169 Å². The van der Waals surface area contributed by atoms with Crippen molar-refractivity contribution in [2.24, 2.45) is 5.16 Å². The minimum Gasteiger partial charge on any atom is -0.618 e. The lowest BCUT2D eigenvalue weighted by atomic mass is 9.77.